The van der Waals surface area contributed by atoms with E-state index in [-0.39, 0.29) is 5.75 Å². The normalized spacial score (nSPS) is 10.9. The molecule has 0 spiro atoms. The van der Waals surface area contributed by atoms with Crippen LogP contribution in [0.3, 0.4) is 0 Å². The monoisotopic (exact) mass is 317 g/mol. The molecule has 0 saturated carbocycles. The van der Waals surface area contributed by atoms with E-state index < -0.39 is 0 Å². The molecule has 0 aliphatic rings. The van der Waals surface area contributed by atoms with E-state index in [0.29, 0.717) is 5.89 Å². The third-order valence-electron chi connectivity index (χ3n) is 3.93. The first-order chi connectivity index (χ1) is 11.7. The number of oxazole rings is 1. The van der Waals surface area contributed by atoms with Gasteiger partial charge in [-0.05, 0) is 59.7 Å². The molecule has 3 aromatic carbocycles. The predicted molar refractivity (Wildman–Crippen MR) is 93.1 cm³/mol. The van der Waals surface area contributed by atoms with E-state index >= 15 is 0 Å². The molecule has 4 heteroatoms. The summed E-state index contributed by atoms with van der Waals surface area (Å²) in [6.45, 7) is 0. The zero-order valence-electron chi connectivity index (χ0n) is 13.1. The minimum absolute atomic E-state index is 0.251. The zero-order chi connectivity index (χ0) is 16.5. The molecule has 1 N–H and O–H groups in total. The second-order valence-electron chi connectivity index (χ2n) is 5.48. The Morgan fingerprint density at radius 3 is 2.21 bits per heavy atom. The molecular weight excluding hydrogens is 302 g/mol. The van der Waals surface area contributed by atoms with Crippen molar-refractivity contribution in [2.45, 2.75) is 0 Å². The number of ether oxygens (including phenoxy) is 1. The van der Waals surface area contributed by atoms with Gasteiger partial charge in [0.2, 0.25) is 5.89 Å². The lowest BCUT2D eigenvalue weighted by atomic mass is 10.1. The summed E-state index contributed by atoms with van der Waals surface area (Å²) in [4.78, 5) is 4.54. The lowest BCUT2D eigenvalue weighted by Gasteiger charge is -2.01. The fourth-order valence-electron chi connectivity index (χ4n) is 2.62. The summed E-state index contributed by atoms with van der Waals surface area (Å²) in [6, 6.07) is 20.6. The van der Waals surface area contributed by atoms with E-state index in [1.54, 1.807) is 19.2 Å². The average Bonchev–Trinajstić information content (AvgIpc) is 3.05. The third kappa shape index (κ3) is 2.58. The minimum Gasteiger partial charge on any atom is -0.508 e. The third-order valence-corrected chi connectivity index (χ3v) is 3.93. The quantitative estimate of drug-likeness (QED) is 0.585. The van der Waals surface area contributed by atoms with Gasteiger partial charge in [0.1, 0.15) is 17.0 Å². The Hall–Kier alpha value is -3.27. The maximum absolute atomic E-state index is 9.40. The van der Waals surface area contributed by atoms with Crippen molar-refractivity contribution in [1.29, 1.82) is 0 Å². The van der Waals surface area contributed by atoms with Crippen LogP contribution in [0.4, 0.5) is 0 Å². The van der Waals surface area contributed by atoms with Crippen LogP contribution in [-0.4, -0.2) is 17.2 Å². The van der Waals surface area contributed by atoms with Crippen molar-refractivity contribution in [2.75, 3.05) is 7.11 Å². The second kappa shape index (κ2) is 5.74. The van der Waals surface area contributed by atoms with Gasteiger partial charge < -0.3 is 14.3 Å². The zero-order valence-corrected chi connectivity index (χ0v) is 13.1. The first-order valence-corrected chi connectivity index (χ1v) is 7.57. The van der Waals surface area contributed by atoms with Crippen molar-refractivity contribution < 1.29 is 14.3 Å². The molecular formula is C20H15NO3. The fraction of sp³-hybridized carbons (Fsp3) is 0.0500. The van der Waals surface area contributed by atoms with Crippen LogP contribution in [0.25, 0.3) is 33.7 Å². The van der Waals surface area contributed by atoms with Gasteiger partial charge in [0.25, 0.3) is 0 Å². The Morgan fingerprint density at radius 1 is 0.833 bits per heavy atom. The molecule has 0 radical (unpaired) electrons. The number of hydrogen-bond acceptors (Lipinski definition) is 4. The van der Waals surface area contributed by atoms with Crippen LogP contribution in [0, 0.1) is 0 Å². The summed E-state index contributed by atoms with van der Waals surface area (Å²) in [5.41, 5.74) is 4.46. The average molecular weight is 317 g/mol. The Morgan fingerprint density at radius 2 is 1.50 bits per heavy atom. The van der Waals surface area contributed by atoms with E-state index in [9.17, 15) is 5.11 Å². The van der Waals surface area contributed by atoms with E-state index in [0.717, 1.165) is 33.5 Å². The number of nitrogens with zero attached hydrogens (tertiary/aromatic N) is 1. The van der Waals surface area contributed by atoms with Gasteiger partial charge in [-0.25, -0.2) is 4.98 Å². The highest BCUT2D eigenvalue weighted by atomic mass is 16.5. The second-order valence-corrected chi connectivity index (χ2v) is 5.48. The Labute approximate surface area is 139 Å². The van der Waals surface area contributed by atoms with Crippen molar-refractivity contribution in [3.63, 3.8) is 0 Å². The lowest BCUT2D eigenvalue weighted by Crippen LogP contribution is -1.82. The molecule has 1 heterocycles. The number of phenolic OH excluding ortho intramolecular Hbond substituents is 1. The molecule has 1 aromatic heterocycles. The molecule has 118 valence electrons. The van der Waals surface area contributed by atoms with Gasteiger partial charge in [-0.2, -0.15) is 0 Å². The summed E-state index contributed by atoms with van der Waals surface area (Å²) in [5.74, 6) is 1.63. The topological polar surface area (TPSA) is 55.5 Å². The first-order valence-electron chi connectivity index (χ1n) is 7.57. The van der Waals surface area contributed by atoms with Crippen molar-refractivity contribution in [3.05, 3.63) is 66.7 Å². The highest BCUT2D eigenvalue weighted by Gasteiger charge is 2.09. The van der Waals surface area contributed by atoms with Crippen molar-refractivity contribution in [2.24, 2.45) is 0 Å². The van der Waals surface area contributed by atoms with E-state index in [1.807, 2.05) is 54.6 Å². The summed E-state index contributed by atoms with van der Waals surface area (Å²) < 4.78 is 11.1. The number of aromatic hydroxyl groups is 1. The van der Waals surface area contributed by atoms with Gasteiger partial charge in [-0.3, -0.25) is 0 Å². The number of aromatic nitrogens is 1. The van der Waals surface area contributed by atoms with Crippen LogP contribution >= 0.6 is 0 Å². The number of rotatable bonds is 3. The van der Waals surface area contributed by atoms with Gasteiger partial charge in [0, 0.05) is 5.56 Å². The van der Waals surface area contributed by atoms with Gasteiger partial charge in [-0.1, -0.05) is 18.2 Å². The molecule has 0 amide bonds. The lowest BCUT2D eigenvalue weighted by molar-refractivity contribution is 0.415. The van der Waals surface area contributed by atoms with Crippen LogP contribution in [-0.2, 0) is 0 Å². The molecule has 24 heavy (non-hydrogen) atoms. The largest absolute Gasteiger partial charge is 0.508 e. The number of hydrogen-bond donors (Lipinski definition) is 1. The predicted octanol–water partition coefficient (Wildman–Crippen LogP) is 4.88. The summed E-state index contributed by atoms with van der Waals surface area (Å²) in [5, 5.41) is 9.40. The molecule has 0 aliphatic carbocycles. The van der Waals surface area contributed by atoms with Crippen molar-refractivity contribution in [1.82, 2.24) is 4.98 Å². The number of fused-ring (bicyclic) bond motifs is 1. The van der Waals surface area contributed by atoms with Crippen LogP contribution in [0.1, 0.15) is 0 Å². The Bertz CT molecular complexity index is 986. The number of phenols is 1. The van der Waals surface area contributed by atoms with Gasteiger partial charge in [0.15, 0.2) is 5.58 Å². The van der Waals surface area contributed by atoms with E-state index in [2.05, 4.69) is 4.98 Å². The molecule has 0 bridgehead atoms. The number of benzene rings is 3. The Balaban J connectivity index is 1.73. The number of methoxy groups -OCH3 is 1. The first kappa shape index (κ1) is 14.3. The highest BCUT2D eigenvalue weighted by Crippen LogP contribution is 2.29. The van der Waals surface area contributed by atoms with Crippen LogP contribution in [0.2, 0.25) is 0 Å². The van der Waals surface area contributed by atoms with E-state index in [1.165, 1.54) is 0 Å². The SMILES string of the molecule is COc1ccc(-c2nc3ccc(-c4ccc(O)cc4)cc3o2)cc1. The van der Waals surface area contributed by atoms with Gasteiger partial charge in [0.05, 0.1) is 7.11 Å². The van der Waals surface area contributed by atoms with Gasteiger partial charge in [-0.15, -0.1) is 0 Å². The Kier molecular flexibility index (Phi) is 3.43. The molecule has 0 aliphatic heterocycles. The van der Waals surface area contributed by atoms with Crippen LogP contribution in [0.5, 0.6) is 11.5 Å². The highest BCUT2D eigenvalue weighted by molar-refractivity contribution is 5.82. The molecule has 4 nitrogen and oxygen atoms in total. The molecule has 4 rings (SSSR count). The van der Waals surface area contributed by atoms with Crippen LogP contribution < -0.4 is 4.74 Å². The standard InChI is InChI=1S/C20H15NO3/c1-23-17-9-4-14(5-10-17)20-21-18-11-6-15(12-19(18)24-20)13-2-7-16(22)8-3-13/h2-12,22H,1H3. The fourth-order valence-corrected chi connectivity index (χ4v) is 2.62. The minimum atomic E-state index is 0.251. The maximum atomic E-state index is 9.40. The summed E-state index contributed by atoms with van der Waals surface area (Å²) in [7, 11) is 1.64. The smallest absolute Gasteiger partial charge is 0.227 e. The summed E-state index contributed by atoms with van der Waals surface area (Å²) in [6.07, 6.45) is 0. The van der Waals surface area contributed by atoms with Gasteiger partial charge >= 0.3 is 0 Å². The van der Waals surface area contributed by atoms with Crippen molar-refractivity contribution in [3.8, 4) is 34.1 Å². The molecule has 0 unspecified atom stereocenters. The molecule has 0 fully saturated rings. The molecule has 4 aromatic rings. The molecule has 0 saturated heterocycles. The van der Waals surface area contributed by atoms with Crippen LogP contribution in [0.15, 0.2) is 71.1 Å². The summed E-state index contributed by atoms with van der Waals surface area (Å²) >= 11 is 0. The maximum Gasteiger partial charge on any atom is 0.227 e. The van der Waals surface area contributed by atoms with E-state index in [4.69, 9.17) is 9.15 Å². The van der Waals surface area contributed by atoms with Crippen molar-refractivity contribution >= 4 is 11.1 Å². The molecule has 0 atom stereocenters.